The lowest BCUT2D eigenvalue weighted by molar-refractivity contribution is 0.125. The summed E-state index contributed by atoms with van der Waals surface area (Å²) in [5.41, 5.74) is 2.21. The van der Waals surface area contributed by atoms with Crippen molar-refractivity contribution >= 4 is 11.6 Å². The summed E-state index contributed by atoms with van der Waals surface area (Å²) < 4.78 is 16.1. The molecule has 2 aromatic carbocycles. The molecule has 0 aromatic heterocycles. The SMILES string of the molecule is CCNC(=NCC1CCCN(C)C1c1ccc(OC)cc1)Nc1ccc(OC)c(OC)c1. The lowest BCUT2D eigenvalue weighted by atomic mass is 9.85. The van der Waals surface area contributed by atoms with Crippen molar-refractivity contribution in [3.05, 3.63) is 48.0 Å². The second-order valence-electron chi connectivity index (χ2n) is 8.02. The predicted octanol–water partition coefficient (Wildman–Crippen LogP) is 4.17. The summed E-state index contributed by atoms with van der Waals surface area (Å²) in [6, 6.07) is 14.5. The Balaban J connectivity index is 1.77. The van der Waals surface area contributed by atoms with Crippen molar-refractivity contribution in [2.24, 2.45) is 10.9 Å². The molecule has 0 spiro atoms. The summed E-state index contributed by atoms with van der Waals surface area (Å²) in [4.78, 5) is 7.39. The van der Waals surface area contributed by atoms with Crippen LogP contribution in [0.15, 0.2) is 47.5 Å². The maximum Gasteiger partial charge on any atom is 0.195 e. The summed E-state index contributed by atoms with van der Waals surface area (Å²) >= 11 is 0. The molecule has 0 aliphatic carbocycles. The van der Waals surface area contributed by atoms with Crippen LogP contribution >= 0.6 is 0 Å². The highest BCUT2D eigenvalue weighted by Gasteiger charge is 2.30. The van der Waals surface area contributed by atoms with E-state index in [1.54, 1.807) is 21.3 Å². The minimum absolute atomic E-state index is 0.336. The smallest absolute Gasteiger partial charge is 0.195 e. The fraction of sp³-hybridized carbons (Fsp3) is 0.480. The van der Waals surface area contributed by atoms with Crippen LogP contribution in [0.4, 0.5) is 5.69 Å². The number of likely N-dealkylation sites (tertiary alicyclic amines) is 1. The Bertz CT molecular complexity index is 885. The van der Waals surface area contributed by atoms with Crippen molar-refractivity contribution in [2.45, 2.75) is 25.8 Å². The third-order valence-electron chi connectivity index (χ3n) is 5.94. The van der Waals surface area contributed by atoms with E-state index in [0.29, 0.717) is 23.5 Å². The average molecular weight is 441 g/mol. The van der Waals surface area contributed by atoms with E-state index in [-0.39, 0.29) is 0 Å². The molecule has 1 aliphatic heterocycles. The molecular formula is C25H36N4O3. The van der Waals surface area contributed by atoms with E-state index in [1.165, 1.54) is 12.0 Å². The minimum Gasteiger partial charge on any atom is -0.497 e. The highest BCUT2D eigenvalue weighted by molar-refractivity contribution is 5.93. The second kappa shape index (κ2) is 11.6. The number of piperidine rings is 1. The summed E-state index contributed by atoms with van der Waals surface area (Å²) in [7, 11) is 7.18. The van der Waals surface area contributed by atoms with Crippen LogP contribution in [0.5, 0.6) is 17.2 Å². The van der Waals surface area contributed by atoms with Crippen molar-refractivity contribution in [3.8, 4) is 17.2 Å². The Morgan fingerprint density at radius 1 is 1.03 bits per heavy atom. The van der Waals surface area contributed by atoms with Gasteiger partial charge in [-0.05, 0) is 69.1 Å². The van der Waals surface area contributed by atoms with E-state index in [9.17, 15) is 0 Å². The third kappa shape index (κ3) is 5.85. The molecule has 3 rings (SSSR count). The number of anilines is 1. The third-order valence-corrected chi connectivity index (χ3v) is 5.94. The van der Waals surface area contributed by atoms with Gasteiger partial charge in [0.1, 0.15) is 5.75 Å². The van der Waals surface area contributed by atoms with Crippen LogP contribution in [-0.4, -0.2) is 58.9 Å². The van der Waals surface area contributed by atoms with Gasteiger partial charge in [-0.1, -0.05) is 12.1 Å². The molecule has 0 amide bonds. The van der Waals surface area contributed by atoms with Crippen LogP contribution < -0.4 is 24.8 Å². The maximum absolute atomic E-state index is 5.43. The number of ether oxygens (including phenoxy) is 3. The molecule has 2 N–H and O–H groups in total. The van der Waals surface area contributed by atoms with Gasteiger partial charge in [0, 0.05) is 30.9 Å². The zero-order valence-corrected chi connectivity index (χ0v) is 19.9. The molecule has 174 valence electrons. The quantitative estimate of drug-likeness (QED) is 0.474. The zero-order chi connectivity index (χ0) is 22.9. The minimum atomic E-state index is 0.336. The van der Waals surface area contributed by atoms with E-state index in [1.807, 2.05) is 30.3 Å². The number of hydrogen-bond acceptors (Lipinski definition) is 5. The molecule has 7 nitrogen and oxygen atoms in total. The van der Waals surface area contributed by atoms with Crippen molar-refractivity contribution in [2.75, 3.05) is 53.3 Å². The number of hydrogen-bond donors (Lipinski definition) is 2. The Hall–Kier alpha value is -2.93. The summed E-state index contributed by atoms with van der Waals surface area (Å²) in [5, 5.41) is 6.75. The molecule has 7 heteroatoms. The molecule has 0 saturated carbocycles. The monoisotopic (exact) mass is 440 g/mol. The first-order chi connectivity index (χ1) is 15.6. The first-order valence-corrected chi connectivity index (χ1v) is 11.2. The molecular weight excluding hydrogens is 404 g/mol. The molecule has 1 fully saturated rings. The Labute approximate surface area is 191 Å². The molecule has 2 unspecified atom stereocenters. The fourth-order valence-electron chi connectivity index (χ4n) is 4.34. The van der Waals surface area contributed by atoms with Crippen LogP contribution in [-0.2, 0) is 0 Å². The van der Waals surface area contributed by atoms with Gasteiger partial charge in [0.05, 0.1) is 21.3 Å². The Morgan fingerprint density at radius 3 is 2.44 bits per heavy atom. The summed E-state index contributed by atoms with van der Waals surface area (Å²) in [6.45, 7) is 4.69. The Morgan fingerprint density at radius 2 is 1.78 bits per heavy atom. The lowest BCUT2D eigenvalue weighted by Crippen LogP contribution is -2.38. The van der Waals surface area contributed by atoms with Crippen LogP contribution in [0.1, 0.15) is 31.4 Å². The molecule has 1 saturated heterocycles. The molecule has 1 heterocycles. The molecule has 2 aromatic rings. The Kier molecular flexibility index (Phi) is 8.62. The van der Waals surface area contributed by atoms with Gasteiger partial charge in [-0.2, -0.15) is 0 Å². The first kappa shape index (κ1) is 23.7. The molecule has 0 radical (unpaired) electrons. The normalized spacial score (nSPS) is 19.3. The fourth-order valence-corrected chi connectivity index (χ4v) is 4.34. The predicted molar refractivity (Wildman–Crippen MR) is 130 cm³/mol. The number of benzene rings is 2. The highest BCUT2D eigenvalue weighted by atomic mass is 16.5. The van der Waals surface area contributed by atoms with Crippen LogP contribution in [0.25, 0.3) is 0 Å². The first-order valence-electron chi connectivity index (χ1n) is 11.2. The molecule has 1 aliphatic rings. The van der Waals surface area contributed by atoms with Gasteiger partial charge < -0.3 is 24.8 Å². The molecule has 2 atom stereocenters. The van der Waals surface area contributed by atoms with E-state index < -0.39 is 0 Å². The average Bonchev–Trinajstić information content (AvgIpc) is 2.82. The zero-order valence-electron chi connectivity index (χ0n) is 19.9. The number of rotatable bonds is 8. The van der Waals surface area contributed by atoms with Crippen LogP contribution in [0, 0.1) is 5.92 Å². The van der Waals surface area contributed by atoms with Gasteiger partial charge in [-0.3, -0.25) is 9.89 Å². The van der Waals surface area contributed by atoms with Gasteiger partial charge in [0.2, 0.25) is 0 Å². The number of aliphatic imine (C=N–C) groups is 1. The number of nitrogens with zero attached hydrogens (tertiary/aromatic N) is 2. The number of guanidine groups is 1. The maximum atomic E-state index is 5.43. The van der Waals surface area contributed by atoms with Crippen molar-refractivity contribution < 1.29 is 14.2 Å². The van der Waals surface area contributed by atoms with Crippen LogP contribution in [0.2, 0.25) is 0 Å². The van der Waals surface area contributed by atoms with Crippen LogP contribution in [0.3, 0.4) is 0 Å². The number of methoxy groups -OCH3 is 3. The standard InChI is InChI=1S/C25H36N4O3/c1-6-26-25(28-20-11-14-22(31-4)23(16-20)32-5)27-17-19-8-7-15-29(2)24(19)18-9-12-21(30-3)13-10-18/h9-14,16,19,24H,6-8,15,17H2,1-5H3,(H2,26,27,28). The summed E-state index contributed by atoms with van der Waals surface area (Å²) in [5.74, 6) is 3.47. The second-order valence-corrected chi connectivity index (χ2v) is 8.02. The largest absolute Gasteiger partial charge is 0.497 e. The van der Waals surface area contributed by atoms with E-state index in [0.717, 1.165) is 43.5 Å². The van der Waals surface area contributed by atoms with Gasteiger partial charge in [0.15, 0.2) is 17.5 Å². The van der Waals surface area contributed by atoms with Gasteiger partial charge in [-0.25, -0.2) is 0 Å². The van der Waals surface area contributed by atoms with Gasteiger partial charge in [-0.15, -0.1) is 0 Å². The van der Waals surface area contributed by atoms with Gasteiger partial charge >= 0.3 is 0 Å². The molecule has 32 heavy (non-hydrogen) atoms. The highest BCUT2D eigenvalue weighted by Crippen LogP contribution is 2.36. The van der Waals surface area contributed by atoms with E-state index in [2.05, 4.69) is 41.6 Å². The van der Waals surface area contributed by atoms with Crippen molar-refractivity contribution in [3.63, 3.8) is 0 Å². The van der Waals surface area contributed by atoms with Crippen molar-refractivity contribution in [1.82, 2.24) is 10.2 Å². The summed E-state index contributed by atoms with van der Waals surface area (Å²) in [6.07, 6.45) is 2.34. The van der Waals surface area contributed by atoms with Crippen molar-refractivity contribution in [1.29, 1.82) is 0 Å². The number of nitrogens with one attached hydrogen (secondary N) is 2. The lowest BCUT2D eigenvalue weighted by Gasteiger charge is -2.39. The van der Waals surface area contributed by atoms with E-state index >= 15 is 0 Å². The van der Waals surface area contributed by atoms with Gasteiger partial charge in [0.25, 0.3) is 0 Å². The van der Waals surface area contributed by atoms with E-state index in [4.69, 9.17) is 19.2 Å². The topological polar surface area (TPSA) is 67.4 Å². The molecule has 0 bridgehead atoms.